The van der Waals surface area contributed by atoms with Crippen molar-refractivity contribution >= 4 is 17.7 Å². The molecule has 0 spiro atoms. The molecule has 0 N–H and O–H groups in total. The minimum atomic E-state index is -1.15. The van der Waals surface area contributed by atoms with E-state index in [2.05, 4.69) is 9.98 Å². The van der Waals surface area contributed by atoms with Crippen molar-refractivity contribution in [2.24, 2.45) is 10.9 Å². The van der Waals surface area contributed by atoms with Gasteiger partial charge in [-0.3, -0.25) is 14.8 Å². The number of aromatic nitrogens is 1. The van der Waals surface area contributed by atoms with Gasteiger partial charge in [0.2, 0.25) is 0 Å². The SMILES string of the molecule is CC1=NC(C)=C(C(=O)OCCc2ccccn2)C(c2cccc(F)c2F)C1C(=O)OC(C)C. The monoisotopic (exact) mass is 456 g/mol. The first kappa shape index (κ1) is 24.2. The number of benzene rings is 1. The maximum atomic E-state index is 14.9. The van der Waals surface area contributed by atoms with E-state index in [1.807, 2.05) is 6.07 Å². The van der Waals surface area contributed by atoms with Gasteiger partial charge in [0.05, 0.1) is 18.3 Å². The Morgan fingerprint density at radius 1 is 1.09 bits per heavy atom. The van der Waals surface area contributed by atoms with Crippen LogP contribution < -0.4 is 0 Å². The second-order valence-electron chi connectivity index (χ2n) is 8.04. The molecule has 1 aromatic heterocycles. The minimum absolute atomic E-state index is 0.00294. The van der Waals surface area contributed by atoms with Crippen LogP contribution in [0, 0.1) is 17.6 Å². The van der Waals surface area contributed by atoms with Crippen molar-refractivity contribution < 1.29 is 27.8 Å². The number of carbonyl (C=O) groups is 2. The molecule has 0 saturated carbocycles. The average molecular weight is 456 g/mol. The van der Waals surface area contributed by atoms with Gasteiger partial charge in [-0.25, -0.2) is 13.6 Å². The van der Waals surface area contributed by atoms with E-state index < -0.39 is 41.5 Å². The Morgan fingerprint density at radius 3 is 2.52 bits per heavy atom. The number of rotatable bonds is 7. The molecule has 1 aliphatic heterocycles. The van der Waals surface area contributed by atoms with Crippen LogP contribution in [0.3, 0.4) is 0 Å². The molecule has 2 heterocycles. The molecule has 0 fully saturated rings. The third-order valence-electron chi connectivity index (χ3n) is 5.29. The van der Waals surface area contributed by atoms with Crippen molar-refractivity contribution in [2.45, 2.75) is 46.1 Å². The molecule has 174 valence electrons. The summed E-state index contributed by atoms with van der Waals surface area (Å²) in [7, 11) is 0. The molecule has 2 unspecified atom stereocenters. The summed E-state index contributed by atoms with van der Waals surface area (Å²) in [5.41, 5.74) is 1.22. The van der Waals surface area contributed by atoms with Gasteiger partial charge in [0.15, 0.2) is 11.6 Å². The van der Waals surface area contributed by atoms with Crippen LogP contribution in [0.5, 0.6) is 0 Å². The fourth-order valence-corrected chi connectivity index (χ4v) is 3.88. The third-order valence-corrected chi connectivity index (χ3v) is 5.29. The van der Waals surface area contributed by atoms with Crippen LogP contribution in [0.15, 0.2) is 58.9 Å². The Labute approximate surface area is 191 Å². The Morgan fingerprint density at radius 2 is 1.85 bits per heavy atom. The molecule has 8 heteroatoms. The summed E-state index contributed by atoms with van der Waals surface area (Å²) in [6.45, 7) is 6.56. The lowest BCUT2D eigenvalue weighted by Gasteiger charge is -2.32. The maximum absolute atomic E-state index is 14.9. The van der Waals surface area contributed by atoms with Gasteiger partial charge in [-0.2, -0.15) is 0 Å². The molecule has 2 aromatic rings. The molecule has 1 aliphatic rings. The standard InChI is InChI=1S/C25H26F2N2O4/c1-14(2)33-25(31)21-16(4)29-15(3)20(22(21)18-9-7-10-19(26)23(18)27)24(30)32-13-11-17-8-5-6-12-28-17/h5-10,12,14,21-22H,11,13H2,1-4H3. The zero-order chi connectivity index (χ0) is 24.1. The highest BCUT2D eigenvalue weighted by atomic mass is 19.2. The van der Waals surface area contributed by atoms with Gasteiger partial charge in [0, 0.05) is 35.6 Å². The van der Waals surface area contributed by atoms with Gasteiger partial charge >= 0.3 is 11.9 Å². The summed E-state index contributed by atoms with van der Waals surface area (Å²) >= 11 is 0. The number of nitrogens with zero attached hydrogens (tertiary/aromatic N) is 2. The van der Waals surface area contributed by atoms with E-state index in [1.54, 1.807) is 46.0 Å². The second-order valence-corrected chi connectivity index (χ2v) is 8.04. The summed E-state index contributed by atoms with van der Waals surface area (Å²) in [4.78, 5) is 34.6. The van der Waals surface area contributed by atoms with Crippen molar-refractivity contribution in [3.05, 3.63) is 76.8 Å². The molecular weight excluding hydrogens is 430 g/mol. The van der Waals surface area contributed by atoms with Crippen LogP contribution in [-0.4, -0.2) is 35.3 Å². The van der Waals surface area contributed by atoms with Crippen LogP contribution in [0.25, 0.3) is 0 Å². The number of esters is 2. The summed E-state index contributed by atoms with van der Waals surface area (Å²) in [5, 5.41) is 0. The lowest BCUT2D eigenvalue weighted by atomic mass is 9.75. The number of carbonyl (C=O) groups excluding carboxylic acids is 2. The first-order valence-electron chi connectivity index (χ1n) is 10.7. The van der Waals surface area contributed by atoms with Crippen molar-refractivity contribution in [3.63, 3.8) is 0 Å². The van der Waals surface area contributed by atoms with Crippen LogP contribution in [0.4, 0.5) is 8.78 Å². The van der Waals surface area contributed by atoms with E-state index in [0.717, 1.165) is 11.8 Å². The Hall–Kier alpha value is -3.42. The van der Waals surface area contributed by atoms with Gasteiger partial charge in [-0.15, -0.1) is 0 Å². The third kappa shape index (κ3) is 5.50. The number of pyridine rings is 1. The molecule has 1 aromatic carbocycles. The van der Waals surface area contributed by atoms with E-state index in [1.165, 1.54) is 12.1 Å². The van der Waals surface area contributed by atoms with Gasteiger partial charge in [-0.05, 0) is 51.5 Å². The predicted molar refractivity (Wildman–Crippen MR) is 119 cm³/mol. The number of halogens is 2. The summed E-state index contributed by atoms with van der Waals surface area (Å²) in [5.74, 6) is -5.89. The van der Waals surface area contributed by atoms with Gasteiger partial charge in [0.1, 0.15) is 5.92 Å². The van der Waals surface area contributed by atoms with Crippen LogP contribution in [0.1, 0.15) is 44.9 Å². The normalized spacial score (nSPS) is 18.2. The van der Waals surface area contributed by atoms with E-state index in [9.17, 15) is 18.4 Å². The fourth-order valence-electron chi connectivity index (χ4n) is 3.88. The molecule has 6 nitrogen and oxygen atoms in total. The molecule has 0 radical (unpaired) electrons. The zero-order valence-corrected chi connectivity index (χ0v) is 19.0. The summed E-state index contributed by atoms with van der Waals surface area (Å²) in [6, 6.07) is 9.06. The Bertz CT molecular complexity index is 1100. The van der Waals surface area contributed by atoms with E-state index in [-0.39, 0.29) is 23.4 Å². The maximum Gasteiger partial charge on any atom is 0.336 e. The van der Waals surface area contributed by atoms with E-state index in [0.29, 0.717) is 12.1 Å². The molecule has 0 saturated heterocycles. The molecule has 33 heavy (non-hydrogen) atoms. The smallest absolute Gasteiger partial charge is 0.336 e. The summed E-state index contributed by atoms with van der Waals surface area (Å²) < 4.78 is 39.8. The lowest BCUT2D eigenvalue weighted by Crippen LogP contribution is -2.38. The van der Waals surface area contributed by atoms with Crippen molar-refractivity contribution in [2.75, 3.05) is 6.61 Å². The van der Waals surface area contributed by atoms with Gasteiger partial charge in [0.25, 0.3) is 0 Å². The molecule has 0 bridgehead atoms. The van der Waals surface area contributed by atoms with Crippen LogP contribution in [-0.2, 0) is 25.5 Å². The topological polar surface area (TPSA) is 77.9 Å². The predicted octanol–water partition coefficient (Wildman–Crippen LogP) is 4.55. The number of hydrogen-bond acceptors (Lipinski definition) is 6. The highest BCUT2D eigenvalue weighted by molar-refractivity contribution is 6.07. The van der Waals surface area contributed by atoms with E-state index in [4.69, 9.17) is 9.47 Å². The molecule has 0 aliphatic carbocycles. The number of allylic oxidation sites excluding steroid dienone is 1. The lowest BCUT2D eigenvalue weighted by molar-refractivity contribution is -0.150. The fraction of sp³-hybridized carbons (Fsp3) is 0.360. The highest BCUT2D eigenvalue weighted by Crippen LogP contribution is 2.41. The molecule has 2 atom stereocenters. The van der Waals surface area contributed by atoms with Gasteiger partial charge in [-0.1, -0.05) is 18.2 Å². The van der Waals surface area contributed by atoms with Crippen molar-refractivity contribution in [1.82, 2.24) is 4.98 Å². The van der Waals surface area contributed by atoms with E-state index >= 15 is 0 Å². The molecule has 3 rings (SSSR count). The highest BCUT2D eigenvalue weighted by Gasteiger charge is 2.44. The van der Waals surface area contributed by atoms with Crippen molar-refractivity contribution in [3.8, 4) is 0 Å². The number of ether oxygens (including phenoxy) is 2. The first-order valence-corrected chi connectivity index (χ1v) is 10.7. The minimum Gasteiger partial charge on any atom is -0.462 e. The number of aliphatic imine (C=N–C) groups is 1. The Kier molecular flexibility index (Phi) is 7.68. The number of hydrogen-bond donors (Lipinski definition) is 0. The second kappa shape index (κ2) is 10.5. The van der Waals surface area contributed by atoms with Crippen molar-refractivity contribution in [1.29, 1.82) is 0 Å². The van der Waals surface area contributed by atoms with Crippen LogP contribution in [0.2, 0.25) is 0 Å². The first-order chi connectivity index (χ1) is 15.7. The van der Waals surface area contributed by atoms with Gasteiger partial charge < -0.3 is 9.47 Å². The van der Waals surface area contributed by atoms with Crippen LogP contribution >= 0.6 is 0 Å². The molecular formula is C25H26F2N2O4. The summed E-state index contributed by atoms with van der Waals surface area (Å²) in [6.07, 6.45) is 1.57. The largest absolute Gasteiger partial charge is 0.462 e. The Balaban J connectivity index is 1.98. The zero-order valence-electron chi connectivity index (χ0n) is 19.0. The average Bonchev–Trinajstić information content (AvgIpc) is 2.75. The molecule has 0 amide bonds. The quantitative estimate of drug-likeness (QED) is 0.572.